The normalized spacial score (nSPS) is 12.0. The van der Waals surface area contributed by atoms with Gasteiger partial charge in [0.2, 0.25) is 6.10 Å². The molecule has 5 heteroatoms. The van der Waals surface area contributed by atoms with E-state index < -0.39 is 18.0 Å². The van der Waals surface area contributed by atoms with Crippen LogP contribution in [0.1, 0.15) is 45.4 Å². The van der Waals surface area contributed by atoms with E-state index in [1.54, 1.807) is 38.2 Å². The highest BCUT2D eigenvalue weighted by Gasteiger charge is 2.28. The summed E-state index contributed by atoms with van der Waals surface area (Å²) in [6.45, 7) is 5.74. The van der Waals surface area contributed by atoms with Crippen LogP contribution in [-0.2, 0) is 19.1 Å². The van der Waals surface area contributed by atoms with Crippen molar-refractivity contribution in [3.63, 3.8) is 0 Å². The molecule has 0 aliphatic rings. The molecular weight excluding hydrogens is 258 g/mol. The molecule has 0 fully saturated rings. The second kappa shape index (κ2) is 8.30. The van der Waals surface area contributed by atoms with Crippen LogP contribution in [0, 0.1) is 5.92 Å². The van der Waals surface area contributed by atoms with E-state index in [0.29, 0.717) is 12.3 Å². The smallest absolute Gasteiger partial charge is 0.353 e. The highest BCUT2D eigenvalue weighted by Crippen LogP contribution is 2.19. The minimum atomic E-state index is -1.09. The third kappa shape index (κ3) is 4.99. The summed E-state index contributed by atoms with van der Waals surface area (Å²) in [5.74, 6) is -1.34. The minimum absolute atomic E-state index is 0.315. The number of aromatic nitrogens is 1. The van der Waals surface area contributed by atoms with Crippen LogP contribution in [-0.4, -0.2) is 23.5 Å². The van der Waals surface area contributed by atoms with Gasteiger partial charge in [0.05, 0.1) is 18.2 Å². The Morgan fingerprint density at radius 1 is 1.25 bits per heavy atom. The third-order valence-electron chi connectivity index (χ3n) is 2.62. The van der Waals surface area contributed by atoms with Crippen LogP contribution >= 0.6 is 0 Å². The number of pyridine rings is 1. The second-order valence-electron chi connectivity index (χ2n) is 4.75. The molecule has 110 valence electrons. The zero-order valence-electron chi connectivity index (χ0n) is 12.2. The van der Waals surface area contributed by atoms with Crippen molar-refractivity contribution in [3.05, 3.63) is 30.1 Å². The summed E-state index contributed by atoms with van der Waals surface area (Å²) in [5.41, 5.74) is 0.378. The molecule has 5 nitrogen and oxygen atoms in total. The lowest BCUT2D eigenvalue weighted by Gasteiger charge is -2.17. The predicted molar refractivity (Wildman–Crippen MR) is 73.8 cm³/mol. The predicted octanol–water partition coefficient (Wildman–Crippen LogP) is 2.67. The number of hydrogen-bond acceptors (Lipinski definition) is 5. The van der Waals surface area contributed by atoms with Gasteiger partial charge in [-0.05, 0) is 18.6 Å². The van der Waals surface area contributed by atoms with Gasteiger partial charge >= 0.3 is 11.9 Å². The molecule has 1 aromatic heterocycles. The molecule has 0 saturated carbocycles. The molecule has 1 rings (SSSR count). The summed E-state index contributed by atoms with van der Waals surface area (Å²) in [4.78, 5) is 27.8. The van der Waals surface area contributed by atoms with Crippen molar-refractivity contribution < 1.29 is 19.1 Å². The molecule has 0 N–H and O–H groups in total. The summed E-state index contributed by atoms with van der Waals surface area (Å²) >= 11 is 0. The Balaban J connectivity index is 2.79. The lowest BCUT2D eigenvalue weighted by molar-refractivity contribution is -0.170. The van der Waals surface area contributed by atoms with Crippen molar-refractivity contribution in [2.45, 2.75) is 39.7 Å². The lowest BCUT2D eigenvalue weighted by atomic mass is 10.2. The lowest BCUT2D eigenvalue weighted by Crippen LogP contribution is -2.25. The molecule has 0 radical (unpaired) electrons. The van der Waals surface area contributed by atoms with Crippen LogP contribution in [0.25, 0.3) is 0 Å². The van der Waals surface area contributed by atoms with Crippen LogP contribution in [0.2, 0.25) is 0 Å². The second-order valence-corrected chi connectivity index (χ2v) is 4.75. The molecule has 0 aliphatic heterocycles. The molecule has 0 aromatic carbocycles. The Kier molecular flexibility index (Phi) is 6.70. The number of carbonyl (C=O) groups excluding carboxylic acids is 2. The highest BCUT2D eigenvalue weighted by molar-refractivity contribution is 5.80. The fraction of sp³-hybridized carbons (Fsp3) is 0.533. The van der Waals surface area contributed by atoms with Crippen molar-refractivity contribution in [3.8, 4) is 0 Å². The minimum Gasteiger partial charge on any atom is -0.463 e. The summed E-state index contributed by atoms with van der Waals surface area (Å²) in [7, 11) is 0. The summed E-state index contributed by atoms with van der Waals surface area (Å²) < 4.78 is 10.3. The van der Waals surface area contributed by atoms with E-state index >= 15 is 0 Å². The van der Waals surface area contributed by atoms with E-state index in [4.69, 9.17) is 9.47 Å². The molecule has 0 bridgehead atoms. The third-order valence-corrected chi connectivity index (χ3v) is 2.62. The van der Waals surface area contributed by atoms with Crippen molar-refractivity contribution in [1.82, 2.24) is 4.98 Å². The van der Waals surface area contributed by atoms with Crippen molar-refractivity contribution in [1.29, 1.82) is 0 Å². The molecule has 1 heterocycles. The molecule has 0 aliphatic carbocycles. The fourth-order valence-electron chi connectivity index (χ4n) is 1.41. The first-order valence-electron chi connectivity index (χ1n) is 6.84. The first kappa shape index (κ1) is 16.1. The zero-order valence-corrected chi connectivity index (χ0v) is 12.2. The number of ether oxygens (including phenoxy) is 2. The number of esters is 2. The van der Waals surface area contributed by atoms with Crippen LogP contribution in [0.4, 0.5) is 0 Å². The number of unbranched alkanes of at least 4 members (excludes halogenated alkanes) is 1. The van der Waals surface area contributed by atoms with Crippen molar-refractivity contribution >= 4 is 11.9 Å². The van der Waals surface area contributed by atoms with Gasteiger partial charge in [-0.15, -0.1) is 0 Å². The fourth-order valence-corrected chi connectivity index (χ4v) is 1.41. The molecule has 0 amide bonds. The van der Waals surface area contributed by atoms with Crippen LogP contribution in [0.3, 0.4) is 0 Å². The first-order valence-corrected chi connectivity index (χ1v) is 6.84. The van der Waals surface area contributed by atoms with Gasteiger partial charge in [0.25, 0.3) is 0 Å². The Bertz CT molecular complexity index is 431. The Morgan fingerprint density at radius 2 is 2.00 bits per heavy atom. The number of nitrogens with zero attached hydrogens (tertiary/aromatic N) is 1. The number of hydrogen-bond donors (Lipinski definition) is 0. The van der Waals surface area contributed by atoms with Crippen LogP contribution in [0.5, 0.6) is 0 Å². The highest BCUT2D eigenvalue weighted by atomic mass is 16.6. The van der Waals surface area contributed by atoms with Gasteiger partial charge in [0.1, 0.15) is 0 Å². The Hall–Kier alpha value is -1.91. The van der Waals surface area contributed by atoms with E-state index in [0.717, 1.165) is 12.8 Å². The maximum atomic E-state index is 12.0. The molecular formula is C15H21NO4. The average Bonchev–Trinajstić information content (AvgIpc) is 2.45. The zero-order chi connectivity index (χ0) is 15.0. The molecule has 0 spiro atoms. The van der Waals surface area contributed by atoms with Gasteiger partial charge < -0.3 is 9.47 Å². The maximum Gasteiger partial charge on any atom is 0.353 e. The van der Waals surface area contributed by atoms with Crippen LogP contribution in [0.15, 0.2) is 24.4 Å². The van der Waals surface area contributed by atoms with Crippen molar-refractivity contribution in [2.24, 2.45) is 5.92 Å². The first-order chi connectivity index (χ1) is 9.56. The van der Waals surface area contributed by atoms with Gasteiger partial charge in [-0.25, -0.2) is 4.79 Å². The molecule has 1 atom stereocenters. The van der Waals surface area contributed by atoms with E-state index in [1.807, 2.05) is 6.92 Å². The van der Waals surface area contributed by atoms with Crippen LogP contribution < -0.4 is 0 Å². The Morgan fingerprint density at radius 3 is 2.55 bits per heavy atom. The summed E-state index contributed by atoms with van der Waals surface area (Å²) in [5, 5.41) is 0. The summed E-state index contributed by atoms with van der Waals surface area (Å²) in [6, 6.07) is 5.10. The SMILES string of the molecule is CCCCOC(=O)C(OC(=O)C(C)C)c1ccccn1. The molecule has 0 saturated heterocycles. The molecule has 1 aromatic rings. The van der Waals surface area contributed by atoms with Crippen molar-refractivity contribution in [2.75, 3.05) is 6.61 Å². The van der Waals surface area contributed by atoms with Gasteiger partial charge in [0.15, 0.2) is 0 Å². The molecule has 20 heavy (non-hydrogen) atoms. The maximum absolute atomic E-state index is 12.0. The van der Waals surface area contributed by atoms with E-state index in [1.165, 1.54) is 0 Å². The van der Waals surface area contributed by atoms with Gasteiger partial charge in [0, 0.05) is 6.20 Å². The standard InChI is InChI=1S/C15H21NO4/c1-4-5-10-19-15(18)13(20-14(17)11(2)3)12-8-6-7-9-16-12/h6-9,11,13H,4-5,10H2,1-3H3. The van der Waals surface area contributed by atoms with Gasteiger partial charge in [-0.1, -0.05) is 33.3 Å². The monoisotopic (exact) mass is 279 g/mol. The van der Waals surface area contributed by atoms with E-state index in [9.17, 15) is 9.59 Å². The van der Waals surface area contributed by atoms with E-state index in [2.05, 4.69) is 4.98 Å². The van der Waals surface area contributed by atoms with E-state index in [-0.39, 0.29) is 5.92 Å². The summed E-state index contributed by atoms with van der Waals surface area (Å²) in [6.07, 6.45) is 2.15. The molecule has 1 unspecified atom stereocenters. The number of rotatable bonds is 7. The quantitative estimate of drug-likeness (QED) is 0.567. The van der Waals surface area contributed by atoms with Gasteiger partial charge in [-0.2, -0.15) is 0 Å². The topological polar surface area (TPSA) is 65.5 Å². The largest absolute Gasteiger partial charge is 0.463 e. The van der Waals surface area contributed by atoms with Gasteiger partial charge in [-0.3, -0.25) is 9.78 Å². The Labute approximate surface area is 119 Å². The number of carbonyl (C=O) groups is 2. The average molecular weight is 279 g/mol.